The SMILES string of the molecule is CCC1C(=O)NC(=O)CC12CCCC2(C)C. The molecule has 16 heavy (non-hydrogen) atoms. The first kappa shape index (κ1) is 11.6. The number of carbonyl (C=O) groups is 2. The Morgan fingerprint density at radius 2 is 2.00 bits per heavy atom. The maximum Gasteiger partial charge on any atom is 0.230 e. The molecule has 90 valence electrons. The summed E-state index contributed by atoms with van der Waals surface area (Å²) >= 11 is 0. The smallest absolute Gasteiger partial charge is 0.230 e. The summed E-state index contributed by atoms with van der Waals surface area (Å²) in [6, 6.07) is 0. The van der Waals surface area contributed by atoms with Crippen LogP contribution in [0.15, 0.2) is 0 Å². The van der Waals surface area contributed by atoms with Crippen molar-refractivity contribution in [3.05, 3.63) is 0 Å². The van der Waals surface area contributed by atoms with Crippen LogP contribution in [0, 0.1) is 16.7 Å². The summed E-state index contributed by atoms with van der Waals surface area (Å²) in [5, 5.41) is 2.49. The molecular formula is C13H21NO2. The van der Waals surface area contributed by atoms with Gasteiger partial charge in [0.2, 0.25) is 11.8 Å². The van der Waals surface area contributed by atoms with Gasteiger partial charge in [-0.15, -0.1) is 0 Å². The van der Waals surface area contributed by atoms with E-state index in [9.17, 15) is 9.59 Å². The second kappa shape index (κ2) is 3.57. The monoisotopic (exact) mass is 223 g/mol. The highest BCUT2D eigenvalue weighted by Crippen LogP contribution is 2.60. The first-order valence-corrected chi connectivity index (χ1v) is 6.27. The summed E-state index contributed by atoms with van der Waals surface area (Å²) < 4.78 is 0. The molecule has 2 fully saturated rings. The van der Waals surface area contributed by atoms with Crippen LogP contribution in [0.1, 0.15) is 52.9 Å². The first-order valence-electron chi connectivity index (χ1n) is 6.27. The van der Waals surface area contributed by atoms with E-state index in [2.05, 4.69) is 26.1 Å². The van der Waals surface area contributed by atoms with Crippen LogP contribution in [0.25, 0.3) is 0 Å². The average molecular weight is 223 g/mol. The van der Waals surface area contributed by atoms with Crippen molar-refractivity contribution in [1.29, 1.82) is 0 Å². The maximum absolute atomic E-state index is 12.0. The Morgan fingerprint density at radius 3 is 2.50 bits per heavy atom. The van der Waals surface area contributed by atoms with Gasteiger partial charge < -0.3 is 0 Å². The Bertz CT molecular complexity index is 335. The number of rotatable bonds is 1. The van der Waals surface area contributed by atoms with Crippen LogP contribution >= 0.6 is 0 Å². The number of nitrogens with one attached hydrogen (secondary N) is 1. The van der Waals surface area contributed by atoms with Crippen molar-refractivity contribution in [1.82, 2.24) is 5.32 Å². The molecule has 0 bridgehead atoms. The molecule has 0 aromatic rings. The Kier molecular flexibility index (Phi) is 2.59. The highest BCUT2D eigenvalue weighted by atomic mass is 16.2. The summed E-state index contributed by atoms with van der Waals surface area (Å²) in [6.45, 7) is 6.49. The first-order chi connectivity index (χ1) is 7.43. The molecule has 3 nitrogen and oxygen atoms in total. The summed E-state index contributed by atoms with van der Waals surface area (Å²) in [4.78, 5) is 23.6. The molecule has 0 aromatic heterocycles. The predicted octanol–water partition coefficient (Wildman–Crippen LogP) is 2.26. The standard InChI is InChI=1S/C13H21NO2/c1-4-9-11(16)14-10(15)8-13(9)7-5-6-12(13,2)3/h9H,4-8H2,1-3H3,(H,14,15,16). The van der Waals surface area contributed by atoms with E-state index < -0.39 is 0 Å². The molecule has 2 atom stereocenters. The zero-order chi connectivity index (χ0) is 12.0. The molecule has 1 saturated carbocycles. The molecule has 0 aromatic carbocycles. The van der Waals surface area contributed by atoms with E-state index in [1.807, 2.05) is 0 Å². The minimum atomic E-state index is -0.0822. The van der Waals surface area contributed by atoms with Gasteiger partial charge in [0.1, 0.15) is 0 Å². The van der Waals surface area contributed by atoms with Gasteiger partial charge in [-0.25, -0.2) is 0 Å². The number of hydrogen-bond donors (Lipinski definition) is 1. The van der Waals surface area contributed by atoms with Crippen molar-refractivity contribution < 1.29 is 9.59 Å². The van der Waals surface area contributed by atoms with Gasteiger partial charge >= 0.3 is 0 Å². The molecule has 1 spiro atoms. The fourth-order valence-electron chi connectivity index (χ4n) is 3.91. The summed E-state index contributed by atoms with van der Waals surface area (Å²) in [7, 11) is 0. The van der Waals surface area contributed by atoms with Crippen molar-refractivity contribution in [2.45, 2.75) is 52.9 Å². The van der Waals surface area contributed by atoms with Gasteiger partial charge in [0.25, 0.3) is 0 Å². The molecule has 3 heteroatoms. The van der Waals surface area contributed by atoms with Gasteiger partial charge in [-0.2, -0.15) is 0 Å². The van der Waals surface area contributed by atoms with Gasteiger partial charge in [-0.05, 0) is 30.1 Å². The summed E-state index contributed by atoms with van der Waals surface area (Å²) in [6.07, 6.45) is 4.67. The molecule has 1 saturated heterocycles. The molecule has 1 aliphatic carbocycles. The van der Waals surface area contributed by atoms with Crippen LogP contribution < -0.4 is 5.32 Å². The Hall–Kier alpha value is -0.860. The maximum atomic E-state index is 12.0. The van der Waals surface area contributed by atoms with Crippen molar-refractivity contribution in [2.75, 3.05) is 0 Å². The molecule has 2 rings (SSSR count). The highest BCUT2D eigenvalue weighted by molar-refractivity contribution is 5.99. The van der Waals surface area contributed by atoms with Crippen molar-refractivity contribution >= 4 is 11.8 Å². The van der Waals surface area contributed by atoms with Crippen molar-refractivity contribution in [3.63, 3.8) is 0 Å². The second-order valence-corrected chi connectivity index (χ2v) is 5.94. The third-order valence-corrected chi connectivity index (χ3v) is 4.90. The molecule has 2 unspecified atom stereocenters. The second-order valence-electron chi connectivity index (χ2n) is 5.94. The Labute approximate surface area is 97.0 Å². The van der Waals surface area contributed by atoms with E-state index in [-0.39, 0.29) is 28.6 Å². The van der Waals surface area contributed by atoms with Crippen LogP contribution in [-0.4, -0.2) is 11.8 Å². The third kappa shape index (κ3) is 1.40. The van der Waals surface area contributed by atoms with Gasteiger partial charge in [-0.1, -0.05) is 27.2 Å². The molecule has 2 amide bonds. The lowest BCUT2D eigenvalue weighted by molar-refractivity contribution is -0.149. The summed E-state index contributed by atoms with van der Waals surface area (Å²) in [5.41, 5.74) is 0.0300. The molecule has 1 N–H and O–H groups in total. The minimum absolute atomic E-state index is 0.0164. The van der Waals surface area contributed by atoms with Gasteiger partial charge in [0.15, 0.2) is 0 Å². The van der Waals surface area contributed by atoms with E-state index in [0.29, 0.717) is 6.42 Å². The van der Waals surface area contributed by atoms with Crippen LogP contribution in [-0.2, 0) is 9.59 Å². The van der Waals surface area contributed by atoms with Gasteiger partial charge in [-0.3, -0.25) is 14.9 Å². The largest absolute Gasteiger partial charge is 0.296 e. The lowest BCUT2D eigenvalue weighted by Gasteiger charge is -2.48. The lowest BCUT2D eigenvalue weighted by Crippen LogP contribution is -2.55. The van der Waals surface area contributed by atoms with Gasteiger partial charge in [0, 0.05) is 12.3 Å². The van der Waals surface area contributed by atoms with E-state index in [1.54, 1.807) is 0 Å². The number of imide groups is 1. The minimum Gasteiger partial charge on any atom is -0.296 e. The van der Waals surface area contributed by atoms with Crippen LogP contribution in [0.4, 0.5) is 0 Å². The zero-order valence-corrected chi connectivity index (χ0v) is 10.4. The third-order valence-electron chi connectivity index (χ3n) is 4.90. The fraction of sp³-hybridized carbons (Fsp3) is 0.846. The number of amides is 2. The molecule has 1 heterocycles. The van der Waals surface area contributed by atoms with Gasteiger partial charge in [0.05, 0.1) is 0 Å². The van der Waals surface area contributed by atoms with Crippen LogP contribution in [0.2, 0.25) is 0 Å². The fourth-order valence-corrected chi connectivity index (χ4v) is 3.91. The normalized spacial score (nSPS) is 37.8. The number of hydrogen-bond acceptors (Lipinski definition) is 2. The molecule has 0 radical (unpaired) electrons. The van der Waals surface area contributed by atoms with E-state index in [1.165, 1.54) is 0 Å². The molecule has 1 aliphatic heterocycles. The number of carbonyl (C=O) groups excluding carboxylic acids is 2. The van der Waals surface area contributed by atoms with Crippen molar-refractivity contribution in [3.8, 4) is 0 Å². The number of piperidine rings is 1. The Morgan fingerprint density at radius 1 is 1.31 bits per heavy atom. The zero-order valence-electron chi connectivity index (χ0n) is 10.4. The van der Waals surface area contributed by atoms with E-state index in [0.717, 1.165) is 25.7 Å². The summed E-state index contributed by atoms with van der Waals surface area (Å²) in [5.74, 6) is -0.110. The topological polar surface area (TPSA) is 46.2 Å². The molecular weight excluding hydrogens is 202 g/mol. The van der Waals surface area contributed by atoms with E-state index in [4.69, 9.17) is 0 Å². The predicted molar refractivity (Wildman–Crippen MR) is 61.6 cm³/mol. The average Bonchev–Trinajstić information content (AvgIpc) is 2.42. The van der Waals surface area contributed by atoms with Crippen LogP contribution in [0.3, 0.4) is 0 Å². The van der Waals surface area contributed by atoms with E-state index >= 15 is 0 Å². The molecule has 2 aliphatic rings. The quantitative estimate of drug-likeness (QED) is 0.693. The highest BCUT2D eigenvalue weighted by Gasteiger charge is 2.57. The Balaban J connectivity index is 2.42. The van der Waals surface area contributed by atoms with Crippen molar-refractivity contribution in [2.24, 2.45) is 16.7 Å². The lowest BCUT2D eigenvalue weighted by atomic mass is 9.57. The van der Waals surface area contributed by atoms with Crippen LogP contribution in [0.5, 0.6) is 0 Å².